The lowest BCUT2D eigenvalue weighted by Crippen LogP contribution is -2.35. The number of fused-ring (bicyclic) bond motifs is 1. The van der Waals surface area contributed by atoms with Crippen LogP contribution in [0.15, 0.2) is 50.5 Å². The van der Waals surface area contributed by atoms with Crippen LogP contribution in [-0.4, -0.2) is 32.1 Å². The van der Waals surface area contributed by atoms with Crippen molar-refractivity contribution in [2.45, 2.75) is 39.7 Å². The highest BCUT2D eigenvalue weighted by Gasteiger charge is 2.35. The molecular formula is C24H23N5O4. The number of amides is 1. The zero-order chi connectivity index (χ0) is 23.3. The van der Waals surface area contributed by atoms with Crippen LogP contribution < -0.4 is 16.0 Å². The number of carbonyl (C=O) groups excluding carboxylic acids is 1. The number of hydrogen-bond acceptors (Lipinski definition) is 6. The van der Waals surface area contributed by atoms with Gasteiger partial charge in [-0.05, 0) is 62.2 Å². The maximum Gasteiger partial charge on any atom is 0.316 e. The van der Waals surface area contributed by atoms with Crippen LogP contribution in [0, 0.1) is 13.8 Å². The van der Waals surface area contributed by atoms with Crippen molar-refractivity contribution in [2.75, 3.05) is 11.4 Å². The number of benzene rings is 2. The molecule has 33 heavy (non-hydrogen) atoms. The smallest absolute Gasteiger partial charge is 0.316 e. The number of H-pyrrole nitrogens is 1. The van der Waals surface area contributed by atoms with Crippen LogP contribution >= 0.6 is 0 Å². The fourth-order valence-electron chi connectivity index (χ4n) is 4.27. The molecule has 1 atom stereocenters. The first kappa shape index (κ1) is 20.9. The van der Waals surface area contributed by atoms with E-state index < -0.39 is 11.1 Å². The van der Waals surface area contributed by atoms with E-state index in [0.29, 0.717) is 47.8 Å². The van der Waals surface area contributed by atoms with Crippen LogP contribution in [0.5, 0.6) is 0 Å². The molecule has 4 aromatic rings. The molecule has 0 spiro atoms. The van der Waals surface area contributed by atoms with Crippen molar-refractivity contribution in [3.63, 3.8) is 0 Å². The number of anilines is 1. The molecule has 1 amide bonds. The topological polar surface area (TPSA) is 114 Å². The van der Waals surface area contributed by atoms with Gasteiger partial charge in [-0.1, -0.05) is 11.2 Å². The lowest BCUT2D eigenvalue weighted by Gasteiger charge is -2.17. The first-order chi connectivity index (χ1) is 15.9. The van der Waals surface area contributed by atoms with Gasteiger partial charge in [0.1, 0.15) is 0 Å². The summed E-state index contributed by atoms with van der Waals surface area (Å²) in [5.41, 5.74) is 3.70. The number of nitrogens with zero attached hydrogens (tertiary/aromatic N) is 4. The summed E-state index contributed by atoms with van der Waals surface area (Å²) in [6.07, 6.45) is 0.294. The van der Waals surface area contributed by atoms with E-state index in [1.165, 1.54) is 10.1 Å². The summed E-state index contributed by atoms with van der Waals surface area (Å²) in [7, 11) is 0. The van der Waals surface area contributed by atoms with Crippen molar-refractivity contribution in [1.29, 1.82) is 0 Å². The lowest BCUT2D eigenvalue weighted by molar-refractivity contribution is -0.117. The fourth-order valence-corrected chi connectivity index (χ4v) is 4.27. The Hall–Kier alpha value is -4.01. The molecule has 0 unspecified atom stereocenters. The molecule has 1 aliphatic heterocycles. The van der Waals surface area contributed by atoms with E-state index in [0.717, 1.165) is 11.3 Å². The van der Waals surface area contributed by atoms with Crippen LogP contribution in [0.4, 0.5) is 5.69 Å². The van der Waals surface area contributed by atoms with E-state index in [9.17, 15) is 14.4 Å². The summed E-state index contributed by atoms with van der Waals surface area (Å²) in [6, 6.07) is 11.2. The molecule has 5 rings (SSSR count). The molecule has 0 bridgehead atoms. The molecule has 1 fully saturated rings. The van der Waals surface area contributed by atoms with Gasteiger partial charge in [0.25, 0.3) is 0 Å². The van der Waals surface area contributed by atoms with Crippen molar-refractivity contribution in [3.8, 4) is 11.4 Å². The molecule has 0 aliphatic carbocycles. The summed E-state index contributed by atoms with van der Waals surface area (Å²) < 4.78 is 6.93. The monoisotopic (exact) mass is 445 g/mol. The molecule has 9 heteroatoms. The average Bonchev–Trinajstić information content (AvgIpc) is 3.43. The zero-order valence-corrected chi connectivity index (χ0v) is 18.6. The van der Waals surface area contributed by atoms with Gasteiger partial charge in [-0.15, -0.1) is 0 Å². The standard InChI is InChI=1S/C24H23N5O4/c1-4-28-19-8-6-15(10-18(19)25-22(31)24(28)32)21-26-23(33-27-21)16-11-20(30)29(12-16)17-7-5-13(2)14(3)9-17/h5-10,16H,4,11-12H2,1-3H3,(H,25,31)/t16-/m1/s1. The highest BCUT2D eigenvalue weighted by Crippen LogP contribution is 2.33. The van der Waals surface area contributed by atoms with E-state index >= 15 is 0 Å². The summed E-state index contributed by atoms with van der Waals surface area (Å²) in [6.45, 7) is 6.73. The van der Waals surface area contributed by atoms with Gasteiger partial charge in [-0.25, -0.2) is 0 Å². The van der Waals surface area contributed by atoms with Crippen LogP contribution in [0.2, 0.25) is 0 Å². The van der Waals surface area contributed by atoms with Crippen LogP contribution in [0.1, 0.15) is 36.3 Å². The van der Waals surface area contributed by atoms with Crippen molar-refractivity contribution in [3.05, 3.63) is 74.1 Å². The minimum absolute atomic E-state index is 0.0174. The first-order valence-corrected chi connectivity index (χ1v) is 10.8. The third kappa shape index (κ3) is 3.55. The second-order valence-electron chi connectivity index (χ2n) is 8.37. The number of aromatic amines is 1. The number of aryl methyl sites for hydroxylation is 3. The zero-order valence-electron chi connectivity index (χ0n) is 18.6. The van der Waals surface area contributed by atoms with E-state index in [2.05, 4.69) is 15.1 Å². The number of nitrogens with one attached hydrogen (secondary N) is 1. The highest BCUT2D eigenvalue weighted by atomic mass is 16.5. The van der Waals surface area contributed by atoms with Crippen molar-refractivity contribution in [1.82, 2.24) is 19.7 Å². The second-order valence-corrected chi connectivity index (χ2v) is 8.37. The van der Waals surface area contributed by atoms with Crippen molar-refractivity contribution < 1.29 is 9.32 Å². The molecule has 2 aromatic heterocycles. The normalized spacial score (nSPS) is 16.2. The van der Waals surface area contributed by atoms with Gasteiger partial charge in [0.15, 0.2) is 0 Å². The Morgan fingerprint density at radius 1 is 1.09 bits per heavy atom. The maximum absolute atomic E-state index is 12.7. The Morgan fingerprint density at radius 3 is 2.67 bits per heavy atom. The second kappa shape index (κ2) is 7.84. The quantitative estimate of drug-likeness (QED) is 0.483. The molecule has 2 aromatic carbocycles. The Bertz CT molecular complexity index is 1510. The first-order valence-electron chi connectivity index (χ1n) is 10.8. The summed E-state index contributed by atoms with van der Waals surface area (Å²) >= 11 is 0. The summed E-state index contributed by atoms with van der Waals surface area (Å²) in [4.78, 5) is 45.6. The van der Waals surface area contributed by atoms with Gasteiger partial charge in [0.05, 0.1) is 17.0 Å². The van der Waals surface area contributed by atoms with E-state index in [4.69, 9.17) is 4.52 Å². The summed E-state index contributed by atoms with van der Waals surface area (Å²) in [5.74, 6) is 0.575. The predicted octanol–water partition coefficient (Wildman–Crippen LogP) is 2.90. The molecule has 3 heterocycles. The van der Waals surface area contributed by atoms with E-state index in [1.807, 2.05) is 39.0 Å². The molecule has 1 N–H and O–H groups in total. The largest absolute Gasteiger partial charge is 0.339 e. The van der Waals surface area contributed by atoms with Gasteiger partial charge in [-0.3, -0.25) is 14.4 Å². The minimum Gasteiger partial charge on any atom is -0.339 e. The van der Waals surface area contributed by atoms with Gasteiger partial charge >= 0.3 is 11.1 Å². The Labute approximate surface area is 188 Å². The third-order valence-corrected chi connectivity index (χ3v) is 6.27. The average molecular weight is 445 g/mol. The third-order valence-electron chi connectivity index (χ3n) is 6.27. The lowest BCUT2D eigenvalue weighted by atomic mass is 10.1. The molecule has 1 saturated heterocycles. The SMILES string of the molecule is CCn1c(=O)c(=O)[nH]c2cc(-c3noc([C@@H]4CC(=O)N(c5ccc(C)c(C)c5)C4)n3)ccc21. The fraction of sp³-hybridized carbons (Fsp3) is 0.292. The number of carbonyl (C=O) groups is 1. The van der Waals surface area contributed by atoms with Crippen LogP contribution in [-0.2, 0) is 11.3 Å². The van der Waals surface area contributed by atoms with Gasteiger partial charge in [-0.2, -0.15) is 4.98 Å². The van der Waals surface area contributed by atoms with Crippen LogP contribution in [0.3, 0.4) is 0 Å². The Balaban J connectivity index is 1.43. The van der Waals surface area contributed by atoms with Gasteiger partial charge in [0, 0.05) is 30.8 Å². The number of aromatic nitrogens is 4. The van der Waals surface area contributed by atoms with Gasteiger partial charge < -0.3 is 19.0 Å². The molecule has 1 aliphatic rings. The minimum atomic E-state index is -0.675. The highest BCUT2D eigenvalue weighted by molar-refractivity contribution is 5.96. The summed E-state index contributed by atoms with van der Waals surface area (Å²) in [5, 5.41) is 4.09. The van der Waals surface area contributed by atoms with E-state index in [1.54, 1.807) is 23.1 Å². The van der Waals surface area contributed by atoms with Crippen molar-refractivity contribution in [2.24, 2.45) is 0 Å². The predicted molar refractivity (Wildman–Crippen MR) is 123 cm³/mol. The number of rotatable bonds is 4. The maximum atomic E-state index is 12.7. The molecule has 9 nitrogen and oxygen atoms in total. The van der Waals surface area contributed by atoms with E-state index in [-0.39, 0.29) is 11.8 Å². The molecule has 0 saturated carbocycles. The Kier molecular flexibility index (Phi) is 4.96. The number of hydrogen-bond donors (Lipinski definition) is 1. The van der Waals surface area contributed by atoms with Crippen molar-refractivity contribution >= 4 is 22.6 Å². The molecule has 0 radical (unpaired) electrons. The molecular weight excluding hydrogens is 422 g/mol. The molecule has 168 valence electrons. The van der Waals surface area contributed by atoms with Gasteiger partial charge in [0.2, 0.25) is 17.6 Å². The van der Waals surface area contributed by atoms with Crippen LogP contribution in [0.25, 0.3) is 22.4 Å². The Morgan fingerprint density at radius 2 is 1.91 bits per heavy atom.